The maximum atomic E-state index is 13.3. The molecule has 3 aliphatic rings. The fourth-order valence-electron chi connectivity index (χ4n) is 5.29. The van der Waals surface area contributed by atoms with Crippen LogP contribution in [0.25, 0.3) is 0 Å². The molecule has 2 saturated carbocycles. The highest BCUT2D eigenvalue weighted by Crippen LogP contribution is 2.36. The quantitative estimate of drug-likeness (QED) is 0.594. The Hall–Kier alpha value is -1.43. The van der Waals surface area contributed by atoms with Crippen LogP contribution in [-0.4, -0.2) is 51.8 Å². The van der Waals surface area contributed by atoms with E-state index in [1.54, 1.807) is 11.3 Å². The average molecular weight is 432 g/mol. The van der Waals surface area contributed by atoms with Crippen LogP contribution >= 0.6 is 11.3 Å². The molecule has 0 aromatic carbocycles. The van der Waals surface area contributed by atoms with Crippen molar-refractivity contribution in [2.24, 2.45) is 5.92 Å². The fraction of sp³-hybridized carbons (Fsp3) is 0.792. The van der Waals surface area contributed by atoms with Gasteiger partial charge in [0.15, 0.2) is 0 Å². The summed E-state index contributed by atoms with van der Waals surface area (Å²) in [6.07, 6.45) is 12.2. The lowest BCUT2D eigenvalue weighted by atomic mass is 9.93. The highest BCUT2D eigenvalue weighted by Gasteiger charge is 2.39. The number of hydrogen-bond donors (Lipinski definition) is 0. The Bertz CT molecular complexity index is 727. The Morgan fingerprint density at radius 1 is 1.03 bits per heavy atom. The second kappa shape index (κ2) is 9.80. The number of carbonyl (C=O) groups is 2. The van der Waals surface area contributed by atoms with Crippen LogP contribution in [0.1, 0.15) is 106 Å². The third-order valence-corrected chi connectivity index (χ3v) is 8.38. The molecule has 1 aromatic rings. The molecule has 1 saturated heterocycles. The van der Waals surface area contributed by atoms with E-state index in [1.807, 2.05) is 10.3 Å². The minimum absolute atomic E-state index is 0.160. The van der Waals surface area contributed by atoms with Crippen LogP contribution in [0.3, 0.4) is 0 Å². The summed E-state index contributed by atoms with van der Waals surface area (Å²) >= 11 is 1.64. The number of aromatic nitrogens is 1. The normalized spacial score (nSPS) is 21.2. The third kappa shape index (κ3) is 4.74. The summed E-state index contributed by atoms with van der Waals surface area (Å²) < 4.78 is 0. The van der Waals surface area contributed by atoms with Crippen molar-refractivity contribution in [3.63, 3.8) is 0 Å². The van der Waals surface area contributed by atoms with Gasteiger partial charge >= 0.3 is 0 Å². The second-order valence-corrected chi connectivity index (χ2v) is 10.3. The first kappa shape index (κ1) is 21.8. The number of thiazole rings is 1. The van der Waals surface area contributed by atoms with E-state index < -0.39 is 0 Å². The minimum atomic E-state index is 0.160. The molecule has 30 heavy (non-hydrogen) atoms. The van der Waals surface area contributed by atoms with Crippen molar-refractivity contribution in [2.75, 3.05) is 13.1 Å². The molecule has 0 spiro atoms. The van der Waals surface area contributed by atoms with Crippen molar-refractivity contribution < 1.29 is 9.59 Å². The molecule has 6 heteroatoms. The summed E-state index contributed by atoms with van der Waals surface area (Å²) in [6, 6.07) is 0.869. The molecule has 2 amide bonds. The maximum Gasteiger partial charge on any atom is 0.273 e. The number of amides is 2. The first-order valence-electron chi connectivity index (χ1n) is 12.2. The number of piperidine rings is 1. The SMILES string of the molecule is CCC(CC)C(=O)N1CCC(c2nc(C(=O)N(C3CCCCC3)C3CC3)cs2)CC1. The Morgan fingerprint density at radius 2 is 1.67 bits per heavy atom. The first-order chi connectivity index (χ1) is 14.6. The van der Waals surface area contributed by atoms with Crippen molar-refractivity contribution in [1.82, 2.24) is 14.8 Å². The van der Waals surface area contributed by atoms with Gasteiger partial charge in [-0.3, -0.25) is 9.59 Å². The lowest BCUT2D eigenvalue weighted by Gasteiger charge is -2.34. The van der Waals surface area contributed by atoms with Crippen LogP contribution < -0.4 is 0 Å². The summed E-state index contributed by atoms with van der Waals surface area (Å²) in [7, 11) is 0. The zero-order valence-corrected chi connectivity index (χ0v) is 19.5. The molecule has 1 aromatic heterocycles. The molecule has 0 radical (unpaired) electrons. The predicted molar refractivity (Wildman–Crippen MR) is 121 cm³/mol. The zero-order chi connectivity index (χ0) is 21.1. The molecule has 5 nitrogen and oxygen atoms in total. The summed E-state index contributed by atoms with van der Waals surface area (Å²) in [5.74, 6) is 1.03. The van der Waals surface area contributed by atoms with Gasteiger partial charge < -0.3 is 9.80 Å². The van der Waals surface area contributed by atoms with Gasteiger partial charge in [-0.05, 0) is 51.4 Å². The highest BCUT2D eigenvalue weighted by atomic mass is 32.1. The van der Waals surface area contributed by atoms with Crippen LogP contribution in [0, 0.1) is 5.92 Å². The van der Waals surface area contributed by atoms with E-state index in [-0.39, 0.29) is 11.8 Å². The van der Waals surface area contributed by atoms with E-state index in [1.165, 1.54) is 19.3 Å². The van der Waals surface area contributed by atoms with Crippen LogP contribution in [0.4, 0.5) is 0 Å². The van der Waals surface area contributed by atoms with Crippen molar-refractivity contribution in [3.05, 3.63) is 16.1 Å². The Labute approximate surface area is 185 Å². The summed E-state index contributed by atoms with van der Waals surface area (Å²) in [4.78, 5) is 35.0. The number of likely N-dealkylation sites (tertiary alicyclic amines) is 1. The van der Waals surface area contributed by atoms with E-state index in [4.69, 9.17) is 4.98 Å². The summed E-state index contributed by atoms with van der Waals surface area (Å²) in [6.45, 7) is 5.84. The number of carbonyl (C=O) groups excluding carboxylic acids is 2. The van der Waals surface area contributed by atoms with E-state index >= 15 is 0 Å². The molecule has 2 heterocycles. The molecule has 0 atom stereocenters. The standard InChI is InChI=1S/C24H37N3O2S/c1-3-17(4-2)23(28)26-14-12-18(13-15-26)22-25-21(16-30-22)24(29)27(20-10-11-20)19-8-6-5-7-9-19/h16-20H,3-15H2,1-2H3. The van der Waals surface area contributed by atoms with Gasteiger partial charge in [-0.2, -0.15) is 0 Å². The molecule has 4 rings (SSSR count). The Morgan fingerprint density at radius 3 is 2.27 bits per heavy atom. The zero-order valence-electron chi connectivity index (χ0n) is 18.6. The molecule has 0 unspecified atom stereocenters. The number of hydrogen-bond acceptors (Lipinski definition) is 4. The molecule has 166 valence electrons. The Balaban J connectivity index is 1.37. The van der Waals surface area contributed by atoms with E-state index in [0.29, 0.717) is 29.6 Å². The summed E-state index contributed by atoms with van der Waals surface area (Å²) in [5.41, 5.74) is 0.656. The van der Waals surface area contributed by atoms with E-state index in [9.17, 15) is 9.59 Å². The van der Waals surface area contributed by atoms with Crippen molar-refractivity contribution in [2.45, 2.75) is 102 Å². The van der Waals surface area contributed by atoms with Crippen LogP contribution in [-0.2, 0) is 4.79 Å². The number of nitrogens with zero attached hydrogens (tertiary/aromatic N) is 3. The molecule has 1 aliphatic heterocycles. The van der Waals surface area contributed by atoms with Crippen molar-refractivity contribution in [1.29, 1.82) is 0 Å². The van der Waals surface area contributed by atoms with Crippen LogP contribution in [0.15, 0.2) is 5.38 Å². The lowest BCUT2D eigenvalue weighted by Crippen LogP contribution is -2.43. The smallest absolute Gasteiger partial charge is 0.273 e. The van der Waals surface area contributed by atoms with Gasteiger partial charge in [-0.25, -0.2) is 4.98 Å². The third-order valence-electron chi connectivity index (χ3n) is 7.37. The molecule has 3 fully saturated rings. The fourth-order valence-corrected chi connectivity index (χ4v) is 6.26. The summed E-state index contributed by atoms with van der Waals surface area (Å²) in [5, 5.41) is 3.07. The minimum Gasteiger partial charge on any atom is -0.342 e. The van der Waals surface area contributed by atoms with Gasteiger partial charge in [0.1, 0.15) is 5.69 Å². The molecule has 0 N–H and O–H groups in total. The topological polar surface area (TPSA) is 53.5 Å². The van der Waals surface area contributed by atoms with Gasteiger partial charge in [0.05, 0.1) is 5.01 Å². The monoisotopic (exact) mass is 431 g/mol. The average Bonchev–Trinajstić information content (AvgIpc) is 3.49. The van der Waals surface area contributed by atoms with Gasteiger partial charge in [-0.15, -0.1) is 11.3 Å². The predicted octanol–water partition coefficient (Wildman–Crippen LogP) is 5.22. The van der Waals surface area contributed by atoms with Gasteiger partial charge in [0.2, 0.25) is 5.91 Å². The number of rotatable bonds is 7. The van der Waals surface area contributed by atoms with E-state index in [0.717, 1.165) is 69.5 Å². The maximum absolute atomic E-state index is 13.3. The second-order valence-electron chi connectivity index (χ2n) is 9.42. The molecular formula is C24H37N3O2S. The van der Waals surface area contributed by atoms with E-state index in [2.05, 4.69) is 18.7 Å². The van der Waals surface area contributed by atoms with Gasteiger partial charge in [0.25, 0.3) is 5.91 Å². The first-order valence-corrected chi connectivity index (χ1v) is 13.1. The van der Waals surface area contributed by atoms with Crippen LogP contribution in [0.2, 0.25) is 0 Å². The molecule has 2 aliphatic carbocycles. The van der Waals surface area contributed by atoms with Crippen molar-refractivity contribution >= 4 is 23.2 Å². The Kier molecular flexibility index (Phi) is 7.12. The van der Waals surface area contributed by atoms with Gasteiger partial charge in [-0.1, -0.05) is 33.1 Å². The van der Waals surface area contributed by atoms with Crippen LogP contribution in [0.5, 0.6) is 0 Å². The van der Waals surface area contributed by atoms with Crippen molar-refractivity contribution in [3.8, 4) is 0 Å². The lowest BCUT2D eigenvalue weighted by molar-refractivity contribution is -0.136. The highest BCUT2D eigenvalue weighted by molar-refractivity contribution is 7.09. The van der Waals surface area contributed by atoms with Gasteiger partial charge in [0, 0.05) is 42.4 Å². The molecular weight excluding hydrogens is 394 g/mol. The largest absolute Gasteiger partial charge is 0.342 e. The molecule has 0 bridgehead atoms.